The van der Waals surface area contributed by atoms with Gasteiger partial charge in [-0.2, -0.15) is 0 Å². The zero-order valence-corrected chi connectivity index (χ0v) is 15.6. The van der Waals surface area contributed by atoms with Crippen LogP contribution in [0.25, 0.3) is 0 Å². The van der Waals surface area contributed by atoms with E-state index in [1.165, 1.54) is 6.42 Å². The van der Waals surface area contributed by atoms with E-state index < -0.39 is 0 Å². The van der Waals surface area contributed by atoms with Gasteiger partial charge < -0.3 is 14.2 Å². The fraction of sp³-hybridized carbons (Fsp3) is 1.00. The van der Waals surface area contributed by atoms with Gasteiger partial charge in [0.15, 0.2) is 0 Å². The van der Waals surface area contributed by atoms with Crippen molar-refractivity contribution in [3.63, 3.8) is 0 Å². The molecule has 0 amide bonds. The summed E-state index contributed by atoms with van der Waals surface area (Å²) in [6.45, 7) is 6.01. The molecular formula is C18H34N4O3. The van der Waals surface area contributed by atoms with E-state index in [4.69, 9.17) is 14.2 Å². The summed E-state index contributed by atoms with van der Waals surface area (Å²) in [6.07, 6.45) is 5.38. The van der Waals surface area contributed by atoms with Crippen LogP contribution in [0.3, 0.4) is 0 Å². The van der Waals surface area contributed by atoms with Crippen LogP contribution in [0.2, 0.25) is 0 Å². The molecule has 1 saturated carbocycles. The first-order valence-electron chi connectivity index (χ1n) is 9.99. The van der Waals surface area contributed by atoms with Crippen LogP contribution < -0.4 is 16.2 Å². The lowest BCUT2D eigenvalue weighted by atomic mass is 9.78. The van der Waals surface area contributed by atoms with E-state index in [1.807, 2.05) is 0 Å². The smallest absolute Gasteiger partial charge is 0.0839 e. The highest BCUT2D eigenvalue weighted by Gasteiger charge is 2.46. The summed E-state index contributed by atoms with van der Waals surface area (Å²) >= 11 is 0. The summed E-state index contributed by atoms with van der Waals surface area (Å²) in [5.41, 5.74) is 7.14. The van der Waals surface area contributed by atoms with E-state index in [0.717, 1.165) is 32.4 Å². The monoisotopic (exact) mass is 354 g/mol. The Balaban J connectivity index is 1.45. The molecule has 6 unspecified atom stereocenters. The predicted molar refractivity (Wildman–Crippen MR) is 95.1 cm³/mol. The van der Waals surface area contributed by atoms with Crippen molar-refractivity contribution in [3.8, 4) is 0 Å². The zero-order valence-electron chi connectivity index (χ0n) is 15.6. The van der Waals surface area contributed by atoms with Gasteiger partial charge in [-0.25, -0.2) is 0 Å². The molecule has 3 N–H and O–H groups in total. The molecule has 0 spiro atoms. The van der Waals surface area contributed by atoms with Gasteiger partial charge in [-0.1, -0.05) is 0 Å². The molecule has 7 atom stereocenters. The summed E-state index contributed by atoms with van der Waals surface area (Å²) in [5.74, 6) is 0.626. The van der Waals surface area contributed by atoms with Crippen LogP contribution in [0.5, 0.6) is 0 Å². The molecule has 0 aromatic heterocycles. The van der Waals surface area contributed by atoms with Crippen molar-refractivity contribution in [3.05, 3.63) is 0 Å². The second kappa shape index (κ2) is 8.17. The van der Waals surface area contributed by atoms with Crippen LogP contribution in [0.1, 0.15) is 32.6 Å². The first kappa shape index (κ1) is 18.1. The van der Waals surface area contributed by atoms with Crippen molar-refractivity contribution in [2.75, 3.05) is 40.0 Å². The molecule has 25 heavy (non-hydrogen) atoms. The van der Waals surface area contributed by atoms with Crippen LogP contribution in [0.15, 0.2) is 0 Å². The topological polar surface area (TPSA) is 67.0 Å². The summed E-state index contributed by atoms with van der Waals surface area (Å²) < 4.78 is 17.9. The van der Waals surface area contributed by atoms with E-state index in [-0.39, 0.29) is 12.3 Å². The Morgan fingerprint density at radius 2 is 1.84 bits per heavy atom. The van der Waals surface area contributed by atoms with Crippen molar-refractivity contribution in [1.82, 2.24) is 21.1 Å². The maximum absolute atomic E-state index is 6.35. The highest BCUT2D eigenvalue weighted by Crippen LogP contribution is 2.34. The summed E-state index contributed by atoms with van der Waals surface area (Å²) in [7, 11) is 2.18. The molecule has 7 nitrogen and oxygen atoms in total. The molecule has 7 heteroatoms. The van der Waals surface area contributed by atoms with Gasteiger partial charge in [0.2, 0.25) is 0 Å². The number of nitrogens with zero attached hydrogens (tertiary/aromatic N) is 1. The molecule has 4 fully saturated rings. The van der Waals surface area contributed by atoms with Gasteiger partial charge in [-0.3, -0.25) is 21.1 Å². The Hall–Kier alpha value is -0.280. The van der Waals surface area contributed by atoms with E-state index in [2.05, 4.69) is 35.0 Å². The molecular weight excluding hydrogens is 320 g/mol. The number of nitrogens with one attached hydrogen (secondary N) is 3. The third kappa shape index (κ3) is 4.18. The SMILES string of the molecule is C[C@H]1CCOCCOCC2NC(CN2C)C2NNC3CCC(CC32)O1. The number of fused-ring (bicyclic) bond motifs is 4. The third-order valence-corrected chi connectivity index (χ3v) is 6.35. The van der Waals surface area contributed by atoms with Crippen molar-refractivity contribution >= 4 is 0 Å². The normalized spacial score (nSPS) is 47.0. The maximum atomic E-state index is 6.35. The molecule has 0 radical (unpaired) electrons. The standard InChI is InChI=1S/C18H34N4O3/c1-12-5-6-23-7-8-24-11-17-19-16(10-22(17)2)18-14-9-13(25-12)3-4-15(14)20-21-18/h12-21H,3-11H2,1-2H3/t12-,13?,14?,15?,16?,17?,18?/m0/s1. The minimum absolute atomic E-state index is 0.260. The first-order valence-corrected chi connectivity index (χ1v) is 9.99. The van der Waals surface area contributed by atoms with E-state index in [9.17, 15) is 0 Å². The van der Waals surface area contributed by atoms with Crippen LogP contribution in [-0.4, -0.2) is 81.4 Å². The Morgan fingerprint density at radius 3 is 2.76 bits per heavy atom. The molecule has 0 aromatic rings. The minimum Gasteiger partial charge on any atom is -0.379 e. The molecule has 144 valence electrons. The Labute approximate surface area is 151 Å². The lowest BCUT2D eigenvalue weighted by Crippen LogP contribution is -2.50. The van der Waals surface area contributed by atoms with Crippen molar-refractivity contribution in [2.24, 2.45) is 5.92 Å². The van der Waals surface area contributed by atoms with Gasteiger partial charge in [-0.05, 0) is 45.6 Å². The largest absolute Gasteiger partial charge is 0.379 e. The number of rotatable bonds is 0. The molecule has 3 heterocycles. The second-order valence-electron chi connectivity index (χ2n) is 8.17. The fourth-order valence-corrected chi connectivity index (χ4v) is 4.89. The summed E-state index contributed by atoms with van der Waals surface area (Å²) in [5, 5.41) is 3.78. The molecule has 4 rings (SSSR count). The molecule has 4 bridgehead atoms. The van der Waals surface area contributed by atoms with Gasteiger partial charge in [0.1, 0.15) is 0 Å². The second-order valence-corrected chi connectivity index (χ2v) is 8.17. The number of hydrogen-bond acceptors (Lipinski definition) is 7. The predicted octanol–water partition coefficient (Wildman–Crippen LogP) is 0.0718. The highest BCUT2D eigenvalue weighted by atomic mass is 16.5. The lowest BCUT2D eigenvalue weighted by Gasteiger charge is -2.36. The number of ether oxygens (including phenoxy) is 3. The quantitative estimate of drug-likeness (QED) is 0.569. The van der Waals surface area contributed by atoms with Crippen molar-refractivity contribution in [1.29, 1.82) is 0 Å². The molecule has 3 saturated heterocycles. The molecule has 3 aliphatic heterocycles. The third-order valence-electron chi connectivity index (χ3n) is 6.35. The lowest BCUT2D eigenvalue weighted by molar-refractivity contribution is -0.0518. The Kier molecular flexibility index (Phi) is 5.91. The first-order chi connectivity index (χ1) is 12.2. The van der Waals surface area contributed by atoms with Crippen LogP contribution >= 0.6 is 0 Å². The van der Waals surface area contributed by atoms with E-state index >= 15 is 0 Å². The van der Waals surface area contributed by atoms with E-state index in [0.29, 0.717) is 50.0 Å². The number of hydrogen-bond donors (Lipinski definition) is 3. The fourth-order valence-electron chi connectivity index (χ4n) is 4.89. The molecule has 0 aromatic carbocycles. The minimum atomic E-state index is 0.260. The average Bonchev–Trinajstić information content (AvgIpc) is 3.16. The average molecular weight is 354 g/mol. The van der Waals surface area contributed by atoms with Gasteiger partial charge >= 0.3 is 0 Å². The van der Waals surface area contributed by atoms with Gasteiger partial charge in [0.05, 0.1) is 38.2 Å². The summed E-state index contributed by atoms with van der Waals surface area (Å²) in [4.78, 5) is 2.37. The highest BCUT2D eigenvalue weighted by molar-refractivity contribution is 5.04. The zero-order chi connectivity index (χ0) is 17.2. The van der Waals surface area contributed by atoms with Crippen LogP contribution in [-0.2, 0) is 14.2 Å². The van der Waals surface area contributed by atoms with Crippen molar-refractivity contribution in [2.45, 2.75) is 69.1 Å². The van der Waals surface area contributed by atoms with Gasteiger partial charge in [-0.15, -0.1) is 0 Å². The molecule has 1 aliphatic carbocycles. The number of hydrazine groups is 1. The Morgan fingerprint density at radius 1 is 0.960 bits per heavy atom. The van der Waals surface area contributed by atoms with Gasteiger partial charge in [0, 0.05) is 31.3 Å². The van der Waals surface area contributed by atoms with E-state index in [1.54, 1.807) is 0 Å². The van der Waals surface area contributed by atoms with Gasteiger partial charge in [0.25, 0.3) is 0 Å². The molecule has 4 aliphatic rings. The van der Waals surface area contributed by atoms with Crippen molar-refractivity contribution < 1.29 is 14.2 Å². The number of likely N-dealkylation sites (N-methyl/N-ethyl adjacent to an activating group) is 1. The van der Waals surface area contributed by atoms with Crippen LogP contribution in [0.4, 0.5) is 0 Å². The van der Waals surface area contributed by atoms with Crippen LogP contribution in [0, 0.1) is 5.92 Å². The summed E-state index contributed by atoms with van der Waals surface area (Å²) in [6, 6.07) is 1.47. The Bertz CT molecular complexity index is 441. The maximum Gasteiger partial charge on any atom is 0.0839 e.